The van der Waals surface area contributed by atoms with Gasteiger partial charge in [-0.3, -0.25) is 4.79 Å². The zero-order valence-corrected chi connectivity index (χ0v) is 24.8. The highest BCUT2D eigenvalue weighted by Gasteiger charge is 2.18. The Bertz CT molecular complexity index is 1050. The molecule has 3 N–H and O–H groups in total. The van der Waals surface area contributed by atoms with Crippen LogP contribution in [0.15, 0.2) is 48.6 Å². The lowest BCUT2D eigenvalue weighted by Crippen LogP contribution is -2.20. The van der Waals surface area contributed by atoms with Crippen molar-refractivity contribution in [3.05, 3.63) is 59.7 Å². The highest BCUT2D eigenvalue weighted by atomic mass is 16.6. The second kappa shape index (κ2) is 18.6. The van der Waals surface area contributed by atoms with Gasteiger partial charge in [0.05, 0.1) is 19.1 Å². The lowest BCUT2D eigenvalue weighted by molar-refractivity contribution is -0.139. The quantitative estimate of drug-likeness (QED) is 0.0528. The van der Waals surface area contributed by atoms with Gasteiger partial charge in [-0.05, 0) is 79.1 Å². The third-order valence-corrected chi connectivity index (χ3v) is 7.24. The maximum atomic E-state index is 12.3. The Morgan fingerprint density at radius 3 is 1.80 bits per heavy atom. The molecular formula is C34H50O6. The molecule has 0 fully saturated rings. The molecule has 0 radical (unpaired) electrons. The Balaban J connectivity index is 2.42. The van der Waals surface area contributed by atoms with E-state index in [4.69, 9.17) is 9.47 Å². The van der Waals surface area contributed by atoms with E-state index in [0.29, 0.717) is 11.5 Å². The molecule has 0 heterocycles. The average Bonchev–Trinajstić information content (AvgIpc) is 2.96. The van der Waals surface area contributed by atoms with Crippen LogP contribution in [0, 0.1) is 5.92 Å². The fourth-order valence-electron chi connectivity index (χ4n) is 4.64. The van der Waals surface area contributed by atoms with Crippen LogP contribution < -0.4 is 9.47 Å². The van der Waals surface area contributed by atoms with Gasteiger partial charge in [0.2, 0.25) is 6.29 Å². The van der Waals surface area contributed by atoms with Crippen LogP contribution in [0.5, 0.6) is 11.5 Å². The summed E-state index contributed by atoms with van der Waals surface area (Å²) in [5.74, 6) is -0.00823. The second-order valence-corrected chi connectivity index (χ2v) is 10.8. The zero-order valence-electron chi connectivity index (χ0n) is 24.8. The molecule has 2 aromatic carbocycles. The Morgan fingerprint density at radius 2 is 1.30 bits per heavy atom. The Morgan fingerprint density at radius 1 is 0.800 bits per heavy atom. The lowest BCUT2D eigenvalue weighted by atomic mass is 9.90. The summed E-state index contributed by atoms with van der Waals surface area (Å²) in [6.45, 7) is 9.13. The second-order valence-electron chi connectivity index (χ2n) is 10.8. The summed E-state index contributed by atoms with van der Waals surface area (Å²) in [7, 11) is 0. The van der Waals surface area contributed by atoms with Crippen LogP contribution in [-0.2, 0) is 17.6 Å². The standard InChI is InChI=1S/C34H50O6/c1-5-7-9-11-13-15-27-21-29(39-33(37)25(3)23-35)17-19-31(27)32-20-18-30(40-34(38)26(4)24-36)22-28(32)16-14-12-10-8-6-2/h17-22,26,33,35-37H,3,5-16,23-24H2,1-2,4H3. The summed E-state index contributed by atoms with van der Waals surface area (Å²) < 4.78 is 11.3. The molecule has 222 valence electrons. The van der Waals surface area contributed by atoms with E-state index in [1.165, 1.54) is 38.5 Å². The normalized spacial score (nSPS) is 12.7. The predicted molar refractivity (Wildman–Crippen MR) is 162 cm³/mol. The first-order valence-electron chi connectivity index (χ1n) is 15.1. The van der Waals surface area contributed by atoms with Crippen molar-refractivity contribution >= 4 is 5.97 Å². The number of benzene rings is 2. The predicted octanol–water partition coefficient (Wildman–Crippen LogP) is 7.16. The fraction of sp³-hybridized carbons (Fsp3) is 0.559. The average molecular weight is 555 g/mol. The Kier molecular flexibility index (Phi) is 15.6. The molecular weight excluding hydrogens is 504 g/mol. The van der Waals surface area contributed by atoms with Gasteiger partial charge in [-0.1, -0.05) is 83.9 Å². The minimum Gasteiger partial charge on any atom is -0.461 e. The molecule has 6 heteroatoms. The van der Waals surface area contributed by atoms with Crippen LogP contribution >= 0.6 is 0 Å². The van der Waals surface area contributed by atoms with E-state index in [1.807, 2.05) is 36.4 Å². The molecule has 2 aromatic rings. The van der Waals surface area contributed by atoms with Crippen molar-refractivity contribution in [2.75, 3.05) is 13.2 Å². The molecule has 40 heavy (non-hydrogen) atoms. The lowest BCUT2D eigenvalue weighted by Gasteiger charge is -2.19. The largest absolute Gasteiger partial charge is 0.461 e. The van der Waals surface area contributed by atoms with Gasteiger partial charge in [-0.15, -0.1) is 0 Å². The molecule has 0 aliphatic heterocycles. The van der Waals surface area contributed by atoms with Crippen molar-refractivity contribution in [1.82, 2.24) is 0 Å². The third-order valence-electron chi connectivity index (χ3n) is 7.24. The maximum Gasteiger partial charge on any atom is 0.316 e. The Hall–Kier alpha value is -2.67. The van der Waals surface area contributed by atoms with Gasteiger partial charge >= 0.3 is 5.97 Å². The summed E-state index contributed by atoms with van der Waals surface area (Å²) in [6, 6.07) is 11.6. The van der Waals surface area contributed by atoms with E-state index >= 15 is 0 Å². The molecule has 2 atom stereocenters. The van der Waals surface area contributed by atoms with E-state index in [9.17, 15) is 20.1 Å². The van der Waals surface area contributed by atoms with Gasteiger partial charge in [-0.25, -0.2) is 0 Å². The van der Waals surface area contributed by atoms with Gasteiger partial charge in [0.15, 0.2) is 0 Å². The van der Waals surface area contributed by atoms with Gasteiger partial charge < -0.3 is 24.8 Å². The summed E-state index contributed by atoms with van der Waals surface area (Å²) in [4.78, 5) is 12.3. The highest BCUT2D eigenvalue weighted by molar-refractivity contribution is 5.76. The van der Waals surface area contributed by atoms with Crippen molar-refractivity contribution < 1.29 is 29.6 Å². The number of carbonyl (C=O) groups excluding carboxylic acids is 1. The minimum atomic E-state index is -1.28. The molecule has 0 saturated heterocycles. The van der Waals surface area contributed by atoms with Gasteiger partial charge in [0, 0.05) is 5.57 Å². The van der Waals surface area contributed by atoms with Crippen molar-refractivity contribution in [1.29, 1.82) is 0 Å². The fourth-order valence-corrected chi connectivity index (χ4v) is 4.64. The molecule has 0 spiro atoms. The number of rotatable bonds is 20. The number of esters is 1. The van der Waals surface area contributed by atoms with Crippen LogP contribution in [-0.4, -0.2) is 40.8 Å². The van der Waals surface area contributed by atoms with Gasteiger partial charge in [0.25, 0.3) is 0 Å². The number of aliphatic hydroxyl groups excluding tert-OH is 3. The van der Waals surface area contributed by atoms with Crippen molar-refractivity contribution in [3.8, 4) is 22.6 Å². The highest BCUT2D eigenvalue weighted by Crippen LogP contribution is 2.35. The van der Waals surface area contributed by atoms with E-state index in [1.54, 1.807) is 6.92 Å². The van der Waals surface area contributed by atoms with E-state index in [0.717, 1.165) is 60.8 Å². The van der Waals surface area contributed by atoms with Crippen LogP contribution in [0.4, 0.5) is 0 Å². The maximum absolute atomic E-state index is 12.3. The Labute approximate surface area is 241 Å². The van der Waals surface area contributed by atoms with E-state index < -0.39 is 18.2 Å². The number of hydrogen-bond donors (Lipinski definition) is 3. The number of carbonyl (C=O) groups is 1. The summed E-state index contributed by atoms with van der Waals surface area (Å²) in [5, 5.41) is 28.9. The number of hydrogen-bond acceptors (Lipinski definition) is 6. The topological polar surface area (TPSA) is 96.2 Å². The number of aryl methyl sites for hydroxylation is 2. The zero-order chi connectivity index (χ0) is 29.3. The van der Waals surface area contributed by atoms with Crippen molar-refractivity contribution in [3.63, 3.8) is 0 Å². The SMILES string of the molecule is C=C(CO)C(O)Oc1ccc(-c2ccc(OC(=O)C(C)CO)cc2CCCCCCC)c(CCCCCCC)c1. The van der Waals surface area contributed by atoms with Gasteiger partial charge in [0.1, 0.15) is 11.5 Å². The molecule has 6 nitrogen and oxygen atoms in total. The van der Waals surface area contributed by atoms with Crippen molar-refractivity contribution in [2.24, 2.45) is 5.92 Å². The molecule has 2 rings (SSSR count). The summed E-state index contributed by atoms with van der Waals surface area (Å²) >= 11 is 0. The van der Waals surface area contributed by atoms with Gasteiger partial charge in [-0.2, -0.15) is 0 Å². The first kappa shape index (κ1) is 33.5. The van der Waals surface area contributed by atoms with Crippen LogP contribution in [0.2, 0.25) is 0 Å². The summed E-state index contributed by atoms with van der Waals surface area (Å²) in [6.07, 6.45) is 12.1. The molecule has 0 aromatic heterocycles. The van der Waals surface area contributed by atoms with E-state index in [2.05, 4.69) is 20.4 Å². The monoisotopic (exact) mass is 554 g/mol. The van der Waals surface area contributed by atoms with Crippen LogP contribution in [0.3, 0.4) is 0 Å². The molecule has 0 amide bonds. The number of unbranched alkanes of at least 4 members (excludes halogenated alkanes) is 8. The van der Waals surface area contributed by atoms with Crippen molar-refractivity contribution in [2.45, 2.75) is 104 Å². The van der Waals surface area contributed by atoms with Crippen LogP contribution in [0.25, 0.3) is 11.1 Å². The van der Waals surface area contributed by atoms with Crippen LogP contribution in [0.1, 0.15) is 96.1 Å². The smallest absolute Gasteiger partial charge is 0.316 e. The molecule has 0 bridgehead atoms. The number of ether oxygens (including phenoxy) is 2. The summed E-state index contributed by atoms with van der Waals surface area (Å²) in [5.41, 5.74) is 4.65. The molecule has 0 aliphatic carbocycles. The molecule has 2 unspecified atom stereocenters. The first-order chi connectivity index (χ1) is 19.3. The molecule has 0 saturated carbocycles. The number of aliphatic hydroxyl groups is 3. The minimum absolute atomic E-state index is 0.205. The van der Waals surface area contributed by atoms with E-state index in [-0.39, 0.29) is 18.8 Å². The molecule has 0 aliphatic rings. The first-order valence-corrected chi connectivity index (χ1v) is 15.1. The third kappa shape index (κ3) is 11.1.